The van der Waals surface area contributed by atoms with Gasteiger partial charge in [0.05, 0.1) is 10.8 Å². The van der Waals surface area contributed by atoms with Crippen LogP contribution < -0.4 is 10.6 Å². The van der Waals surface area contributed by atoms with Crippen molar-refractivity contribution in [1.82, 2.24) is 14.3 Å². The molecule has 1 amide bonds. The first-order chi connectivity index (χ1) is 14.0. The maximum absolute atomic E-state index is 12.0. The highest BCUT2D eigenvalue weighted by Gasteiger charge is 2.34. The fourth-order valence-electron chi connectivity index (χ4n) is 4.25. The lowest BCUT2D eigenvalue weighted by Gasteiger charge is -2.39. The second-order valence-electron chi connectivity index (χ2n) is 7.89. The molecule has 1 aromatic carbocycles. The van der Waals surface area contributed by atoms with Gasteiger partial charge in [0.2, 0.25) is 5.91 Å². The van der Waals surface area contributed by atoms with Crippen LogP contribution in [0.15, 0.2) is 41.8 Å². The van der Waals surface area contributed by atoms with E-state index in [9.17, 15) is 4.79 Å². The van der Waals surface area contributed by atoms with E-state index in [2.05, 4.69) is 33.9 Å². The predicted molar refractivity (Wildman–Crippen MR) is 118 cm³/mol. The topological polar surface area (TPSA) is 69.1 Å². The molecule has 2 N–H and O–H groups in total. The normalized spacial score (nSPS) is 21.2. The Morgan fingerprint density at radius 2 is 2.07 bits per heavy atom. The number of nitrogens with zero attached hydrogens (tertiary/aromatic N) is 4. The lowest BCUT2D eigenvalue weighted by atomic mass is 9.86. The summed E-state index contributed by atoms with van der Waals surface area (Å²) in [4.78, 5) is 15.4. The Labute approximate surface area is 178 Å². The van der Waals surface area contributed by atoms with Crippen LogP contribution in [0.3, 0.4) is 0 Å². The monoisotopic (exact) mass is 425 g/mol. The zero-order valence-electron chi connectivity index (χ0n) is 16.2. The Balaban J connectivity index is 1.55. The van der Waals surface area contributed by atoms with E-state index in [1.807, 2.05) is 28.9 Å². The summed E-state index contributed by atoms with van der Waals surface area (Å²) in [6.45, 7) is 2.69. The number of hydrogen-bond donors (Lipinski definition) is 1. The minimum Gasteiger partial charge on any atom is -0.369 e. The molecule has 2 aliphatic rings. The molecular formula is C21H23N5OS2. The zero-order chi connectivity index (χ0) is 20.1. The van der Waals surface area contributed by atoms with E-state index in [0.717, 1.165) is 39.6 Å². The van der Waals surface area contributed by atoms with Gasteiger partial charge in [-0.25, -0.2) is 4.68 Å². The summed E-state index contributed by atoms with van der Waals surface area (Å²) in [7, 11) is 0. The largest absolute Gasteiger partial charge is 0.369 e. The Morgan fingerprint density at radius 3 is 2.76 bits per heavy atom. The van der Waals surface area contributed by atoms with Crippen molar-refractivity contribution in [3.8, 4) is 10.7 Å². The maximum Gasteiger partial charge on any atom is 0.225 e. The lowest BCUT2D eigenvalue weighted by Crippen LogP contribution is -2.42. The number of primary amides is 1. The third kappa shape index (κ3) is 3.20. The second kappa shape index (κ2) is 7.11. The van der Waals surface area contributed by atoms with E-state index in [1.165, 1.54) is 0 Å². The number of amides is 1. The molecular weight excluding hydrogens is 402 g/mol. The molecule has 29 heavy (non-hydrogen) atoms. The average Bonchev–Trinajstić information content (AvgIpc) is 3.28. The molecule has 0 unspecified atom stereocenters. The van der Waals surface area contributed by atoms with Crippen molar-refractivity contribution in [2.24, 2.45) is 5.73 Å². The Kier molecular flexibility index (Phi) is 4.55. The number of carbonyl (C=O) groups excluding carboxylic acids is 1. The number of thiophene rings is 1. The molecule has 6 nitrogen and oxygen atoms in total. The first-order valence-corrected chi connectivity index (χ1v) is 11.2. The van der Waals surface area contributed by atoms with Gasteiger partial charge in [-0.1, -0.05) is 24.3 Å². The van der Waals surface area contributed by atoms with Crippen LogP contribution in [0.1, 0.15) is 43.7 Å². The number of rotatable bonds is 5. The van der Waals surface area contributed by atoms with Crippen LogP contribution >= 0.6 is 23.6 Å². The minimum atomic E-state index is -0.265. The zero-order valence-corrected chi connectivity index (χ0v) is 17.8. The quantitative estimate of drug-likeness (QED) is 0.619. The van der Waals surface area contributed by atoms with E-state index in [-0.39, 0.29) is 17.9 Å². The molecule has 2 atom stereocenters. The van der Waals surface area contributed by atoms with Crippen molar-refractivity contribution in [3.63, 3.8) is 0 Å². The first-order valence-electron chi connectivity index (χ1n) is 9.92. The van der Waals surface area contributed by atoms with Gasteiger partial charge in [-0.05, 0) is 61.5 Å². The second-order valence-corrected chi connectivity index (χ2v) is 9.21. The number of fused-ring (bicyclic) bond motifs is 1. The van der Waals surface area contributed by atoms with E-state index < -0.39 is 0 Å². The molecule has 3 aromatic rings. The van der Waals surface area contributed by atoms with Crippen LogP contribution in [0.4, 0.5) is 5.69 Å². The Hall–Kier alpha value is -2.45. The third-order valence-electron chi connectivity index (χ3n) is 5.88. The van der Waals surface area contributed by atoms with Gasteiger partial charge < -0.3 is 10.6 Å². The molecule has 8 heteroatoms. The molecule has 1 saturated carbocycles. The highest BCUT2D eigenvalue weighted by Crippen LogP contribution is 2.41. The van der Waals surface area contributed by atoms with Crippen molar-refractivity contribution < 1.29 is 4.79 Å². The maximum atomic E-state index is 12.0. The Bertz CT molecular complexity index is 1110. The molecule has 5 rings (SSSR count). The molecule has 3 heterocycles. The standard InChI is InChI=1S/C21H23N5OS2/c1-13-11-16(19(22)27)15-5-2-3-6-17(15)24(13)12-25-21(28)26(14-8-9-14)20(23-25)18-7-4-10-29-18/h2-7,10,13-14,16H,8-9,11-12H2,1H3,(H2,22,27)/t13-,16+/m1/s1. The summed E-state index contributed by atoms with van der Waals surface area (Å²) in [5.74, 6) is 0.440. The van der Waals surface area contributed by atoms with Crippen LogP contribution in [-0.2, 0) is 11.5 Å². The van der Waals surface area contributed by atoms with Crippen molar-refractivity contribution in [3.05, 3.63) is 52.1 Å². The molecule has 0 radical (unpaired) electrons. The van der Waals surface area contributed by atoms with Crippen LogP contribution in [0.2, 0.25) is 0 Å². The van der Waals surface area contributed by atoms with Crippen LogP contribution in [-0.4, -0.2) is 26.3 Å². The third-order valence-corrected chi connectivity index (χ3v) is 7.16. The van der Waals surface area contributed by atoms with Gasteiger partial charge in [0.1, 0.15) is 6.67 Å². The summed E-state index contributed by atoms with van der Waals surface area (Å²) in [5.41, 5.74) is 7.72. The minimum absolute atomic E-state index is 0.153. The number of nitrogens with two attached hydrogens (primary N) is 1. The van der Waals surface area contributed by atoms with Crippen molar-refractivity contribution >= 4 is 35.1 Å². The van der Waals surface area contributed by atoms with Gasteiger partial charge in [0, 0.05) is 17.8 Å². The molecule has 1 fully saturated rings. The van der Waals surface area contributed by atoms with Gasteiger partial charge >= 0.3 is 0 Å². The van der Waals surface area contributed by atoms with E-state index in [0.29, 0.717) is 19.1 Å². The van der Waals surface area contributed by atoms with Gasteiger partial charge in [-0.3, -0.25) is 9.36 Å². The average molecular weight is 426 g/mol. The van der Waals surface area contributed by atoms with Crippen molar-refractivity contribution in [1.29, 1.82) is 0 Å². The van der Waals surface area contributed by atoms with Crippen molar-refractivity contribution in [2.45, 2.75) is 50.9 Å². The van der Waals surface area contributed by atoms with Crippen LogP contribution in [0.5, 0.6) is 0 Å². The van der Waals surface area contributed by atoms with Gasteiger partial charge in [-0.15, -0.1) is 16.4 Å². The van der Waals surface area contributed by atoms with Crippen LogP contribution in [0, 0.1) is 4.77 Å². The van der Waals surface area contributed by atoms with E-state index in [1.54, 1.807) is 11.3 Å². The van der Waals surface area contributed by atoms with Crippen molar-refractivity contribution in [2.75, 3.05) is 4.90 Å². The highest BCUT2D eigenvalue weighted by molar-refractivity contribution is 7.71. The summed E-state index contributed by atoms with van der Waals surface area (Å²) in [6, 6.07) is 12.8. The molecule has 2 aromatic heterocycles. The number of benzene rings is 1. The smallest absolute Gasteiger partial charge is 0.225 e. The molecule has 0 spiro atoms. The summed E-state index contributed by atoms with van der Waals surface area (Å²) in [6.07, 6.45) is 3.00. The summed E-state index contributed by atoms with van der Waals surface area (Å²) < 4.78 is 4.91. The van der Waals surface area contributed by atoms with E-state index >= 15 is 0 Å². The number of para-hydroxylation sites is 1. The Morgan fingerprint density at radius 1 is 1.28 bits per heavy atom. The number of anilines is 1. The molecule has 1 aliphatic carbocycles. The molecule has 150 valence electrons. The molecule has 0 saturated heterocycles. The van der Waals surface area contributed by atoms with Gasteiger partial charge in [0.15, 0.2) is 10.6 Å². The number of hydrogen-bond acceptors (Lipinski definition) is 5. The number of aromatic nitrogens is 3. The molecule has 1 aliphatic heterocycles. The lowest BCUT2D eigenvalue weighted by molar-refractivity contribution is -0.119. The van der Waals surface area contributed by atoms with E-state index in [4.69, 9.17) is 23.1 Å². The predicted octanol–water partition coefficient (Wildman–Crippen LogP) is 4.30. The van der Waals surface area contributed by atoms with Crippen LogP contribution in [0.25, 0.3) is 10.7 Å². The molecule has 0 bridgehead atoms. The summed E-state index contributed by atoms with van der Waals surface area (Å²) in [5, 5.41) is 6.99. The fraction of sp³-hybridized carbons (Fsp3) is 0.381. The highest BCUT2D eigenvalue weighted by atomic mass is 32.1. The number of carbonyl (C=O) groups is 1. The first kappa shape index (κ1) is 18.6. The fourth-order valence-corrected chi connectivity index (χ4v) is 5.29. The summed E-state index contributed by atoms with van der Waals surface area (Å²) >= 11 is 7.53. The SMILES string of the molecule is C[C@@H]1C[C@H](C(N)=O)c2ccccc2N1Cn1nc(-c2cccs2)n(C2CC2)c1=S. The van der Waals surface area contributed by atoms with Gasteiger partial charge in [0.25, 0.3) is 0 Å². The van der Waals surface area contributed by atoms with Gasteiger partial charge in [-0.2, -0.15) is 0 Å².